The van der Waals surface area contributed by atoms with Crippen LogP contribution in [0.4, 0.5) is 5.69 Å². The van der Waals surface area contributed by atoms with Crippen molar-refractivity contribution in [3.8, 4) is 0 Å². The van der Waals surface area contributed by atoms with E-state index in [1.165, 1.54) is 24.3 Å². The average Bonchev–Trinajstić information content (AvgIpc) is 2.52. The zero-order valence-corrected chi connectivity index (χ0v) is 12.3. The molecule has 0 bridgehead atoms. The van der Waals surface area contributed by atoms with E-state index in [9.17, 15) is 19.2 Å². The van der Waals surface area contributed by atoms with Crippen LogP contribution in [0.15, 0.2) is 42.5 Å². The number of Topliss-reactive ketones (excluding diaryl/α,β-unsaturated/α-hetero) is 1. The van der Waals surface area contributed by atoms with Gasteiger partial charge in [0.05, 0.1) is 5.56 Å². The molecule has 2 aromatic carbocycles. The maximum atomic E-state index is 12.1. The summed E-state index contributed by atoms with van der Waals surface area (Å²) in [5.41, 5.74) is 0.693. The third-order valence-corrected chi connectivity index (χ3v) is 3.52. The predicted octanol–water partition coefficient (Wildman–Crippen LogP) is 2.04. The van der Waals surface area contributed by atoms with Gasteiger partial charge in [0, 0.05) is 21.8 Å². The molecule has 0 aromatic heterocycles. The fourth-order valence-corrected chi connectivity index (χ4v) is 2.38. The lowest BCUT2D eigenvalue weighted by atomic mass is 9.98. The molecule has 2 aromatic rings. The molecule has 1 aliphatic heterocycles. The molecule has 23 heavy (non-hydrogen) atoms. The van der Waals surface area contributed by atoms with Crippen LogP contribution in [-0.4, -0.2) is 23.5 Å². The van der Waals surface area contributed by atoms with Gasteiger partial charge in [-0.3, -0.25) is 24.5 Å². The predicted molar refractivity (Wildman–Crippen MR) is 82.7 cm³/mol. The minimum absolute atomic E-state index is 0.0392. The van der Waals surface area contributed by atoms with Gasteiger partial charge in [-0.1, -0.05) is 17.7 Å². The Bertz CT molecular complexity index is 876. The van der Waals surface area contributed by atoms with Crippen LogP contribution < -0.4 is 10.6 Å². The van der Waals surface area contributed by atoms with Crippen molar-refractivity contribution in [2.45, 2.75) is 0 Å². The first-order valence-electron chi connectivity index (χ1n) is 6.56. The van der Waals surface area contributed by atoms with E-state index in [1.807, 2.05) is 5.32 Å². The van der Waals surface area contributed by atoms with Crippen molar-refractivity contribution in [3.63, 3.8) is 0 Å². The molecule has 0 saturated carbocycles. The van der Waals surface area contributed by atoms with E-state index >= 15 is 0 Å². The van der Waals surface area contributed by atoms with Crippen LogP contribution in [0.25, 0.3) is 0 Å². The van der Waals surface area contributed by atoms with Crippen LogP contribution in [-0.2, 0) is 4.79 Å². The number of halogens is 1. The number of hydrogen-bond acceptors (Lipinski definition) is 4. The number of ketones is 1. The average molecular weight is 329 g/mol. The van der Waals surface area contributed by atoms with E-state index in [-0.39, 0.29) is 11.1 Å². The van der Waals surface area contributed by atoms with Crippen LogP contribution in [0.2, 0.25) is 5.02 Å². The Morgan fingerprint density at radius 3 is 2.48 bits per heavy atom. The molecule has 2 N–H and O–H groups in total. The van der Waals surface area contributed by atoms with Crippen molar-refractivity contribution >= 4 is 40.8 Å². The molecule has 3 amide bonds. The number of carbonyl (C=O) groups is 4. The molecule has 0 spiro atoms. The molecule has 0 atom stereocenters. The maximum absolute atomic E-state index is 12.1. The molecular formula is C16H9ClN2O4. The minimum Gasteiger partial charge on any atom is -0.322 e. The molecule has 1 aliphatic rings. The zero-order valence-electron chi connectivity index (χ0n) is 11.6. The molecule has 0 aliphatic carbocycles. The second-order valence-corrected chi connectivity index (χ2v) is 5.27. The van der Waals surface area contributed by atoms with Crippen LogP contribution in [0.1, 0.15) is 31.1 Å². The molecule has 3 rings (SSSR count). The van der Waals surface area contributed by atoms with Gasteiger partial charge in [0.15, 0.2) is 0 Å². The van der Waals surface area contributed by atoms with Gasteiger partial charge in [-0.15, -0.1) is 0 Å². The number of carbonyl (C=O) groups excluding carboxylic acids is 4. The summed E-state index contributed by atoms with van der Waals surface area (Å²) in [4.78, 5) is 47.0. The van der Waals surface area contributed by atoms with E-state index in [1.54, 1.807) is 18.2 Å². The molecule has 6 nitrogen and oxygen atoms in total. The molecule has 7 heteroatoms. The molecule has 1 heterocycles. The maximum Gasteiger partial charge on any atom is 0.299 e. The highest BCUT2D eigenvalue weighted by Crippen LogP contribution is 2.20. The molecule has 0 saturated heterocycles. The van der Waals surface area contributed by atoms with Gasteiger partial charge < -0.3 is 5.32 Å². The Kier molecular flexibility index (Phi) is 3.67. The molecule has 0 unspecified atom stereocenters. The molecule has 114 valence electrons. The van der Waals surface area contributed by atoms with Gasteiger partial charge in [0.25, 0.3) is 23.5 Å². The summed E-state index contributed by atoms with van der Waals surface area (Å²) in [6.07, 6.45) is 0. The van der Waals surface area contributed by atoms with Gasteiger partial charge in [-0.05, 0) is 36.4 Å². The first-order chi connectivity index (χ1) is 11.0. The smallest absolute Gasteiger partial charge is 0.299 e. The second kappa shape index (κ2) is 5.66. The summed E-state index contributed by atoms with van der Waals surface area (Å²) < 4.78 is 0. The number of imide groups is 1. The Hall–Kier alpha value is -2.99. The van der Waals surface area contributed by atoms with Gasteiger partial charge in [0.2, 0.25) is 0 Å². The molecule has 0 radical (unpaired) electrons. The number of fused-ring (bicyclic) bond motifs is 1. The van der Waals surface area contributed by atoms with Crippen LogP contribution >= 0.6 is 11.6 Å². The number of amides is 3. The van der Waals surface area contributed by atoms with Gasteiger partial charge in [-0.2, -0.15) is 0 Å². The van der Waals surface area contributed by atoms with Crippen molar-refractivity contribution < 1.29 is 19.2 Å². The standard InChI is InChI=1S/C16H9ClN2O4/c17-9-3-1-2-8(6-9)14(21)18-10-4-5-11-12(7-10)13(20)16(23)19-15(11)22/h1-7H,(H,18,21)(H,19,22,23). The van der Waals surface area contributed by atoms with Crippen molar-refractivity contribution in [3.05, 3.63) is 64.2 Å². The lowest BCUT2D eigenvalue weighted by Crippen LogP contribution is -2.42. The lowest BCUT2D eigenvalue weighted by molar-refractivity contribution is -0.116. The number of anilines is 1. The van der Waals surface area contributed by atoms with Crippen molar-refractivity contribution in [1.82, 2.24) is 5.32 Å². The van der Waals surface area contributed by atoms with Crippen molar-refractivity contribution in [2.75, 3.05) is 5.32 Å². The quantitative estimate of drug-likeness (QED) is 0.652. The summed E-state index contributed by atoms with van der Waals surface area (Å²) in [6.45, 7) is 0. The summed E-state index contributed by atoms with van der Waals surface area (Å²) >= 11 is 5.83. The Balaban J connectivity index is 1.91. The third-order valence-electron chi connectivity index (χ3n) is 3.29. The van der Waals surface area contributed by atoms with Gasteiger partial charge in [-0.25, -0.2) is 0 Å². The Labute approximate surface area is 135 Å². The topological polar surface area (TPSA) is 92.3 Å². The molecule has 0 fully saturated rings. The normalized spacial score (nSPS) is 13.3. The van der Waals surface area contributed by atoms with E-state index in [0.717, 1.165) is 0 Å². The fraction of sp³-hybridized carbons (Fsp3) is 0. The van der Waals surface area contributed by atoms with Crippen LogP contribution in [0.3, 0.4) is 0 Å². The van der Waals surface area contributed by atoms with Crippen molar-refractivity contribution in [2.24, 2.45) is 0 Å². The highest BCUT2D eigenvalue weighted by Gasteiger charge is 2.30. The summed E-state index contributed by atoms with van der Waals surface area (Å²) in [5, 5.41) is 4.96. The monoisotopic (exact) mass is 328 g/mol. The highest BCUT2D eigenvalue weighted by atomic mass is 35.5. The van der Waals surface area contributed by atoms with Crippen LogP contribution in [0, 0.1) is 0 Å². The second-order valence-electron chi connectivity index (χ2n) is 4.84. The molecular weight excluding hydrogens is 320 g/mol. The summed E-state index contributed by atoms with van der Waals surface area (Å²) in [7, 11) is 0. The largest absolute Gasteiger partial charge is 0.322 e. The SMILES string of the molecule is O=C1NC(=O)c2ccc(NC(=O)c3cccc(Cl)c3)cc2C1=O. The van der Waals surface area contributed by atoms with Gasteiger partial charge in [0.1, 0.15) is 0 Å². The number of hydrogen-bond donors (Lipinski definition) is 2. The number of rotatable bonds is 2. The number of nitrogens with one attached hydrogen (secondary N) is 2. The van der Waals surface area contributed by atoms with Crippen molar-refractivity contribution in [1.29, 1.82) is 0 Å². The fourth-order valence-electron chi connectivity index (χ4n) is 2.19. The minimum atomic E-state index is -0.985. The van der Waals surface area contributed by atoms with E-state index < -0.39 is 23.5 Å². The Morgan fingerprint density at radius 1 is 0.957 bits per heavy atom. The number of benzene rings is 2. The van der Waals surface area contributed by atoms with E-state index in [4.69, 9.17) is 11.6 Å². The van der Waals surface area contributed by atoms with E-state index in [0.29, 0.717) is 16.3 Å². The first kappa shape index (κ1) is 14.9. The third kappa shape index (κ3) is 2.84. The Morgan fingerprint density at radius 2 is 1.74 bits per heavy atom. The van der Waals surface area contributed by atoms with E-state index in [2.05, 4.69) is 5.32 Å². The summed E-state index contributed by atoms with van der Waals surface area (Å²) in [6, 6.07) is 10.5. The lowest BCUT2D eigenvalue weighted by Gasteiger charge is -2.15. The highest BCUT2D eigenvalue weighted by molar-refractivity contribution is 6.49. The first-order valence-corrected chi connectivity index (χ1v) is 6.94. The van der Waals surface area contributed by atoms with Crippen LogP contribution in [0.5, 0.6) is 0 Å². The summed E-state index contributed by atoms with van der Waals surface area (Å²) in [5.74, 6) is -2.87. The van der Waals surface area contributed by atoms with Gasteiger partial charge >= 0.3 is 0 Å². The zero-order chi connectivity index (χ0) is 16.6.